The summed E-state index contributed by atoms with van der Waals surface area (Å²) in [6, 6.07) is 0. The zero-order chi connectivity index (χ0) is 11.1. The molecule has 2 rings (SSSR count). The summed E-state index contributed by atoms with van der Waals surface area (Å²) in [4.78, 5) is 3.36. The first-order valence-electron chi connectivity index (χ1n) is 4.90. The molecule has 0 amide bonds. The summed E-state index contributed by atoms with van der Waals surface area (Å²) in [7, 11) is 0. The SMILES string of the molecule is CCN1CCN2C(=NNC2C(F)(F)F)C1. The van der Waals surface area contributed by atoms with Crippen molar-refractivity contribution in [2.75, 3.05) is 26.2 Å². The Morgan fingerprint density at radius 2 is 2.20 bits per heavy atom. The molecule has 0 aliphatic carbocycles. The molecule has 0 spiro atoms. The predicted octanol–water partition coefficient (Wildman–Crippen LogP) is 0.429. The van der Waals surface area contributed by atoms with Crippen LogP contribution in [0.4, 0.5) is 13.2 Å². The highest BCUT2D eigenvalue weighted by Crippen LogP contribution is 2.27. The lowest BCUT2D eigenvalue weighted by Crippen LogP contribution is -2.57. The van der Waals surface area contributed by atoms with Crippen molar-refractivity contribution in [1.82, 2.24) is 15.2 Å². The van der Waals surface area contributed by atoms with E-state index in [4.69, 9.17) is 0 Å². The molecule has 0 aromatic carbocycles. The van der Waals surface area contributed by atoms with Crippen molar-refractivity contribution in [2.45, 2.75) is 19.3 Å². The Morgan fingerprint density at radius 1 is 1.47 bits per heavy atom. The molecule has 1 N–H and O–H groups in total. The first kappa shape index (κ1) is 10.5. The van der Waals surface area contributed by atoms with Gasteiger partial charge in [-0.15, -0.1) is 0 Å². The maximum Gasteiger partial charge on any atom is 0.428 e. The Balaban J connectivity index is 2.06. The summed E-state index contributed by atoms with van der Waals surface area (Å²) >= 11 is 0. The molecule has 1 atom stereocenters. The Bertz CT molecular complexity index is 276. The molecule has 0 aromatic heterocycles. The minimum atomic E-state index is -4.26. The van der Waals surface area contributed by atoms with Crippen LogP contribution in [0.5, 0.6) is 0 Å². The number of alkyl halides is 3. The molecule has 86 valence electrons. The molecule has 1 fully saturated rings. The summed E-state index contributed by atoms with van der Waals surface area (Å²) in [6.07, 6.45) is -5.90. The van der Waals surface area contributed by atoms with Gasteiger partial charge in [0.2, 0.25) is 6.17 Å². The Kier molecular flexibility index (Phi) is 2.49. The molecule has 0 radical (unpaired) electrons. The Labute approximate surface area is 85.7 Å². The van der Waals surface area contributed by atoms with E-state index < -0.39 is 12.3 Å². The number of amidine groups is 1. The molecule has 0 bridgehead atoms. The molecule has 2 aliphatic heterocycles. The normalized spacial score (nSPS) is 27.3. The van der Waals surface area contributed by atoms with Crippen LogP contribution in [0.3, 0.4) is 0 Å². The summed E-state index contributed by atoms with van der Waals surface area (Å²) < 4.78 is 37.6. The van der Waals surface area contributed by atoms with E-state index >= 15 is 0 Å². The third-order valence-corrected chi connectivity index (χ3v) is 2.74. The Hall–Kier alpha value is -0.980. The first-order valence-corrected chi connectivity index (χ1v) is 4.90. The number of nitrogens with zero attached hydrogens (tertiary/aromatic N) is 3. The summed E-state index contributed by atoms with van der Waals surface area (Å²) in [5.41, 5.74) is 2.15. The van der Waals surface area contributed by atoms with Crippen molar-refractivity contribution < 1.29 is 13.2 Å². The van der Waals surface area contributed by atoms with Gasteiger partial charge in [0.1, 0.15) is 5.84 Å². The lowest BCUT2D eigenvalue weighted by molar-refractivity contribution is -0.179. The molecule has 2 aliphatic rings. The molecule has 0 saturated carbocycles. The van der Waals surface area contributed by atoms with Crippen LogP contribution < -0.4 is 5.43 Å². The molecular weight excluding hydrogens is 209 g/mol. The van der Waals surface area contributed by atoms with Crippen molar-refractivity contribution >= 4 is 5.84 Å². The van der Waals surface area contributed by atoms with E-state index in [2.05, 4.69) is 15.4 Å². The van der Waals surface area contributed by atoms with Gasteiger partial charge in [-0.2, -0.15) is 18.3 Å². The van der Waals surface area contributed by atoms with Gasteiger partial charge in [-0.25, -0.2) is 0 Å². The number of fused-ring (bicyclic) bond motifs is 1. The molecule has 15 heavy (non-hydrogen) atoms. The van der Waals surface area contributed by atoms with Crippen LogP contribution in [-0.2, 0) is 0 Å². The van der Waals surface area contributed by atoms with Gasteiger partial charge in [-0.1, -0.05) is 6.92 Å². The maximum absolute atomic E-state index is 12.5. The zero-order valence-electron chi connectivity index (χ0n) is 8.38. The van der Waals surface area contributed by atoms with Crippen molar-refractivity contribution in [3.05, 3.63) is 0 Å². The number of nitrogens with one attached hydrogen (secondary N) is 1. The molecule has 1 unspecified atom stereocenters. The van der Waals surface area contributed by atoms with Gasteiger partial charge in [-0.3, -0.25) is 10.3 Å². The van der Waals surface area contributed by atoms with E-state index in [1.54, 1.807) is 0 Å². The first-order chi connectivity index (χ1) is 7.02. The zero-order valence-corrected chi connectivity index (χ0v) is 8.38. The minimum Gasteiger partial charge on any atom is -0.327 e. The van der Waals surface area contributed by atoms with E-state index in [0.717, 1.165) is 6.54 Å². The van der Waals surface area contributed by atoms with Crippen molar-refractivity contribution in [2.24, 2.45) is 5.10 Å². The second kappa shape index (κ2) is 3.55. The smallest absolute Gasteiger partial charge is 0.327 e. The third kappa shape index (κ3) is 1.88. The van der Waals surface area contributed by atoms with E-state index in [9.17, 15) is 13.2 Å². The fourth-order valence-electron chi connectivity index (χ4n) is 1.85. The molecule has 2 heterocycles. The fourth-order valence-corrected chi connectivity index (χ4v) is 1.85. The number of hydrazone groups is 1. The molecular formula is C8H13F3N4. The van der Waals surface area contributed by atoms with Crippen LogP contribution in [0.1, 0.15) is 6.92 Å². The number of piperazine rings is 1. The summed E-state index contributed by atoms with van der Waals surface area (Å²) in [5.74, 6) is 0.491. The average Bonchev–Trinajstić information content (AvgIpc) is 2.59. The predicted molar refractivity (Wildman–Crippen MR) is 49.2 cm³/mol. The topological polar surface area (TPSA) is 30.9 Å². The van der Waals surface area contributed by atoms with Crippen molar-refractivity contribution in [3.8, 4) is 0 Å². The molecule has 0 aromatic rings. The third-order valence-electron chi connectivity index (χ3n) is 2.74. The Morgan fingerprint density at radius 3 is 2.80 bits per heavy atom. The van der Waals surface area contributed by atoms with Gasteiger partial charge >= 0.3 is 6.18 Å². The van der Waals surface area contributed by atoms with E-state index in [-0.39, 0.29) is 0 Å². The lowest BCUT2D eigenvalue weighted by Gasteiger charge is -2.36. The second-order valence-electron chi connectivity index (χ2n) is 3.66. The van der Waals surface area contributed by atoms with E-state index in [1.807, 2.05) is 6.92 Å². The van der Waals surface area contributed by atoms with Gasteiger partial charge < -0.3 is 4.90 Å². The highest BCUT2D eigenvalue weighted by molar-refractivity contribution is 5.86. The average molecular weight is 222 g/mol. The van der Waals surface area contributed by atoms with Crippen LogP contribution in [0.15, 0.2) is 5.10 Å². The fraction of sp³-hybridized carbons (Fsp3) is 0.875. The van der Waals surface area contributed by atoms with Crippen molar-refractivity contribution in [3.63, 3.8) is 0 Å². The standard InChI is InChI=1S/C8H13F3N4/c1-2-14-3-4-15-6(5-14)12-13-7(15)8(9,10)11/h7,13H,2-5H2,1H3. The van der Waals surface area contributed by atoms with E-state index in [0.29, 0.717) is 25.5 Å². The molecule has 1 saturated heterocycles. The summed E-state index contributed by atoms with van der Waals surface area (Å²) in [6.45, 7) is 4.35. The van der Waals surface area contributed by atoms with Crippen LogP contribution in [0.25, 0.3) is 0 Å². The van der Waals surface area contributed by atoms with Gasteiger partial charge in [-0.05, 0) is 6.54 Å². The second-order valence-corrected chi connectivity index (χ2v) is 3.66. The van der Waals surface area contributed by atoms with Gasteiger partial charge in [0, 0.05) is 13.1 Å². The van der Waals surface area contributed by atoms with E-state index in [1.165, 1.54) is 4.90 Å². The number of hydrogen-bond acceptors (Lipinski definition) is 4. The van der Waals surface area contributed by atoms with Crippen LogP contribution in [0, 0.1) is 0 Å². The lowest BCUT2D eigenvalue weighted by atomic mass is 10.3. The maximum atomic E-state index is 12.5. The van der Waals surface area contributed by atoms with Crippen LogP contribution in [0.2, 0.25) is 0 Å². The number of halogens is 3. The van der Waals surface area contributed by atoms with Gasteiger partial charge in [0.25, 0.3) is 0 Å². The largest absolute Gasteiger partial charge is 0.428 e. The van der Waals surface area contributed by atoms with Crippen LogP contribution in [-0.4, -0.2) is 54.2 Å². The minimum absolute atomic E-state index is 0.379. The van der Waals surface area contributed by atoms with Crippen LogP contribution >= 0.6 is 0 Å². The van der Waals surface area contributed by atoms with Gasteiger partial charge in [0.05, 0.1) is 6.54 Å². The number of hydrogen-bond donors (Lipinski definition) is 1. The number of likely N-dealkylation sites (N-methyl/N-ethyl adjacent to an activating group) is 1. The molecule has 4 nitrogen and oxygen atoms in total. The monoisotopic (exact) mass is 222 g/mol. The quantitative estimate of drug-likeness (QED) is 0.698. The summed E-state index contributed by atoms with van der Waals surface area (Å²) in [5, 5.41) is 3.73. The van der Waals surface area contributed by atoms with Crippen molar-refractivity contribution in [1.29, 1.82) is 0 Å². The highest BCUT2D eigenvalue weighted by Gasteiger charge is 2.48. The van der Waals surface area contributed by atoms with Gasteiger partial charge in [0.15, 0.2) is 0 Å². The number of rotatable bonds is 1. The highest BCUT2D eigenvalue weighted by atomic mass is 19.4. The molecule has 7 heteroatoms.